The summed E-state index contributed by atoms with van der Waals surface area (Å²) in [6, 6.07) is 4.50. The monoisotopic (exact) mass is 267 g/mol. The lowest BCUT2D eigenvalue weighted by Crippen LogP contribution is -2.15. The maximum absolute atomic E-state index is 11.4. The van der Waals surface area contributed by atoms with E-state index in [-0.39, 0.29) is 4.90 Å². The molecule has 2 aromatic rings. The molecule has 0 amide bonds. The van der Waals surface area contributed by atoms with Crippen LogP contribution in [0.5, 0.6) is 0 Å². The van der Waals surface area contributed by atoms with Gasteiger partial charge in [0.2, 0.25) is 10.0 Å². The highest BCUT2D eigenvalue weighted by atomic mass is 32.2. The van der Waals surface area contributed by atoms with E-state index >= 15 is 0 Å². The van der Waals surface area contributed by atoms with Gasteiger partial charge >= 0.3 is 0 Å². The van der Waals surface area contributed by atoms with Crippen molar-refractivity contribution in [3.8, 4) is 0 Å². The molecule has 0 spiro atoms. The third kappa shape index (κ3) is 2.79. The van der Waals surface area contributed by atoms with Gasteiger partial charge in [-0.05, 0) is 18.2 Å². The Morgan fingerprint density at radius 1 is 1.39 bits per heavy atom. The number of aromatic amines is 1. The number of hydrogen-bond acceptors (Lipinski definition) is 5. The Hall–Kier alpha value is -2.06. The molecule has 6 N–H and O–H groups in total. The molecule has 96 valence electrons. The molecule has 0 saturated carbocycles. The van der Waals surface area contributed by atoms with E-state index in [9.17, 15) is 8.42 Å². The first-order valence-corrected chi connectivity index (χ1v) is 6.65. The summed E-state index contributed by atoms with van der Waals surface area (Å²) < 4.78 is 22.9. The summed E-state index contributed by atoms with van der Waals surface area (Å²) in [4.78, 5) is 6.73. The fourth-order valence-corrected chi connectivity index (χ4v) is 2.24. The lowest BCUT2D eigenvalue weighted by molar-refractivity contribution is 0.598. The number of anilines is 2. The minimum absolute atomic E-state index is 0.0259. The quantitative estimate of drug-likeness (QED) is 0.590. The van der Waals surface area contributed by atoms with Gasteiger partial charge in [-0.25, -0.2) is 18.5 Å². The van der Waals surface area contributed by atoms with Crippen LogP contribution in [-0.2, 0) is 16.6 Å². The molecule has 8 heteroatoms. The highest BCUT2D eigenvalue weighted by Crippen LogP contribution is 2.23. The van der Waals surface area contributed by atoms with Crippen LogP contribution in [0.2, 0.25) is 0 Å². The smallest absolute Gasteiger partial charge is 0.240 e. The van der Waals surface area contributed by atoms with E-state index < -0.39 is 10.0 Å². The zero-order chi connectivity index (χ0) is 13.2. The summed E-state index contributed by atoms with van der Waals surface area (Å²) in [6.45, 7) is 0.409. The number of benzene rings is 1. The molecule has 1 heterocycles. The second-order valence-corrected chi connectivity index (χ2v) is 5.26. The van der Waals surface area contributed by atoms with E-state index in [0.717, 1.165) is 5.69 Å². The van der Waals surface area contributed by atoms with Crippen LogP contribution in [0, 0.1) is 0 Å². The number of sulfonamides is 1. The molecule has 0 unspecified atom stereocenters. The van der Waals surface area contributed by atoms with Gasteiger partial charge in [-0.15, -0.1) is 0 Å². The minimum atomic E-state index is -3.82. The van der Waals surface area contributed by atoms with Gasteiger partial charge in [0.1, 0.15) is 4.90 Å². The second kappa shape index (κ2) is 4.67. The van der Waals surface area contributed by atoms with Crippen molar-refractivity contribution in [2.24, 2.45) is 5.14 Å². The number of aromatic nitrogens is 2. The van der Waals surface area contributed by atoms with Crippen molar-refractivity contribution in [2.45, 2.75) is 11.4 Å². The molecule has 2 rings (SSSR count). The maximum Gasteiger partial charge on any atom is 0.240 e. The summed E-state index contributed by atoms with van der Waals surface area (Å²) in [7, 11) is -3.82. The largest absolute Gasteiger partial charge is 0.399 e. The Bertz CT molecular complexity index is 636. The van der Waals surface area contributed by atoms with Crippen LogP contribution < -0.4 is 16.2 Å². The molecule has 7 nitrogen and oxygen atoms in total. The summed E-state index contributed by atoms with van der Waals surface area (Å²) in [5, 5.41) is 8.10. The number of nitrogens with one attached hydrogen (secondary N) is 2. The number of nitrogen functional groups attached to an aromatic ring is 1. The molecule has 0 radical (unpaired) electrons. The lowest BCUT2D eigenvalue weighted by Gasteiger charge is -2.10. The van der Waals surface area contributed by atoms with Crippen LogP contribution >= 0.6 is 0 Å². The highest BCUT2D eigenvalue weighted by Gasteiger charge is 2.14. The molecule has 0 saturated heterocycles. The van der Waals surface area contributed by atoms with Gasteiger partial charge in [0, 0.05) is 11.9 Å². The van der Waals surface area contributed by atoms with Crippen LogP contribution in [0.1, 0.15) is 5.69 Å². The molecule has 1 aromatic heterocycles. The molecule has 0 aliphatic rings. The van der Waals surface area contributed by atoms with Crippen molar-refractivity contribution in [3.05, 3.63) is 36.4 Å². The van der Waals surface area contributed by atoms with Crippen molar-refractivity contribution >= 4 is 21.4 Å². The highest BCUT2D eigenvalue weighted by molar-refractivity contribution is 7.89. The molecule has 0 bridgehead atoms. The zero-order valence-corrected chi connectivity index (χ0v) is 10.2. The molecule has 1 aromatic carbocycles. The van der Waals surface area contributed by atoms with E-state index in [1.807, 2.05) is 0 Å². The molecule has 0 aliphatic carbocycles. The van der Waals surface area contributed by atoms with Gasteiger partial charge in [0.05, 0.1) is 24.3 Å². The summed E-state index contributed by atoms with van der Waals surface area (Å²) in [6.07, 6.45) is 3.18. The van der Waals surface area contributed by atoms with Gasteiger partial charge in [-0.2, -0.15) is 0 Å². The molecule has 0 aliphatic heterocycles. The van der Waals surface area contributed by atoms with Crippen LogP contribution in [0.3, 0.4) is 0 Å². The van der Waals surface area contributed by atoms with Gasteiger partial charge in [-0.1, -0.05) is 0 Å². The van der Waals surface area contributed by atoms with Crippen LogP contribution in [0.25, 0.3) is 0 Å². The average molecular weight is 267 g/mol. The number of H-pyrrole nitrogens is 1. The number of primary sulfonamides is 1. The predicted octanol–water partition coefficient (Wildman–Crippen LogP) is 0.251. The van der Waals surface area contributed by atoms with Gasteiger partial charge in [-0.3, -0.25) is 0 Å². The van der Waals surface area contributed by atoms with E-state index in [1.165, 1.54) is 6.07 Å². The summed E-state index contributed by atoms with van der Waals surface area (Å²) in [5.74, 6) is 0. The Balaban J connectivity index is 2.27. The van der Waals surface area contributed by atoms with Gasteiger partial charge in [0.15, 0.2) is 0 Å². The van der Waals surface area contributed by atoms with Gasteiger partial charge in [0.25, 0.3) is 0 Å². The molecule has 0 fully saturated rings. The first-order chi connectivity index (χ1) is 8.47. The van der Waals surface area contributed by atoms with E-state index in [0.29, 0.717) is 17.9 Å². The minimum Gasteiger partial charge on any atom is -0.399 e. The van der Waals surface area contributed by atoms with Crippen molar-refractivity contribution < 1.29 is 8.42 Å². The molecular formula is C10H13N5O2S. The van der Waals surface area contributed by atoms with Crippen LogP contribution in [0.15, 0.2) is 35.6 Å². The fraction of sp³-hybridized carbons (Fsp3) is 0.100. The molecule has 18 heavy (non-hydrogen) atoms. The standard InChI is InChI=1S/C10H13N5O2S/c11-7-1-2-9(10(3-7)18(12,16)17)14-5-8-4-13-6-15-8/h1-4,6,14H,5,11H2,(H,13,15)(H2,12,16,17). The number of nitrogens with two attached hydrogens (primary N) is 2. The number of rotatable bonds is 4. The second-order valence-electron chi connectivity index (χ2n) is 3.73. The van der Waals surface area contributed by atoms with E-state index in [2.05, 4.69) is 15.3 Å². The Labute approximate surface area is 104 Å². The average Bonchev–Trinajstić information content (AvgIpc) is 2.79. The van der Waals surface area contributed by atoms with Crippen molar-refractivity contribution in [2.75, 3.05) is 11.1 Å². The number of imidazole rings is 1. The van der Waals surface area contributed by atoms with Crippen LogP contribution in [0.4, 0.5) is 11.4 Å². The first-order valence-electron chi connectivity index (χ1n) is 5.10. The SMILES string of the molecule is Nc1ccc(NCc2cnc[nH]2)c(S(N)(=O)=O)c1. The third-order valence-corrected chi connectivity index (χ3v) is 3.29. The molecule has 0 atom stereocenters. The Morgan fingerprint density at radius 3 is 2.78 bits per heavy atom. The summed E-state index contributed by atoms with van der Waals surface area (Å²) >= 11 is 0. The topological polar surface area (TPSA) is 127 Å². The van der Waals surface area contributed by atoms with E-state index in [4.69, 9.17) is 10.9 Å². The van der Waals surface area contributed by atoms with Crippen LogP contribution in [-0.4, -0.2) is 18.4 Å². The summed E-state index contributed by atoms with van der Waals surface area (Å²) in [5.41, 5.74) is 7.12. The molecular weight excluding hydrogens is 254 g/mol. The van der Waals surface area contributed by atoms with Gasteiger partial charge < -0.3 is 16.0 Å². The maximum atomic E-state index is 11.4. The Morgan fingerprint density at radius 2 is 2.17 bits per heavy atom. The van der Waals surface area contributed by atoms with E-state index in [1.54, 1.807) is 24.7 Å². The first kappa shape index (κ1) is 12.4. The predicted molar refractivity (Wildman–Crippen MR) is 68.1 cm³/mol. The number of nitrogens with zero attached hydrogens (tertiary/aromatic N) is 1. The van der Waals surface area contributed by atoms with Crippen molar-refractivity contribution in [3.63, 3.8) is 0 Å². The third-order valence-electron chi connectivity index (χ3n) is 2.34. The Kier molecular flexibility index (Phi) is 3.21. The number of hydrogen-bond donors (Lipinski definition) is 4. The van der Waals surface area contributed by atoms with Crippen molar-refractivity contribution in [1.82, 2.24) is 9.97 Å². The van der Waals surface area contributed by atoms with Crippen molar-refractivity contribution in [1.29, 1.82) is 0 Å². The normalized spacial score (nSPS) is 11.4. The zero-order valence-electron chi connectivity index (χ0n) is 9.42. The lowest BCUT2D eigenvalue weighted by atomic mass is 10.3. The fourth-order valence-electron chi connectivity index (χ4n) is 1.49.